The number of ether oxygens (including phenoxy) is 1. The second-order valence-electron chi connectivity index (χ2n) is 5.69. The van der Waals surface area contributed by atoms with Crippen molar-refractivity contribution in [1.29, 1.82) is 0 Å². The first-order valence-electron chi connectivity index (χ1n) is 7.97. The Bertz CT molecular complexity index is 837. The summed E-state index contributed by atoms with van der Waals surface area (Å²) in [5, 5.41) is 5.78. The van der Waals surface area contributed by atoms with Gasteiger partial charge in [0.15, 0.2) is 0 Å². The molecule has 0 saturated carbocycles. The Hall–Kier alpha value is -2.94. The van der Waals surface area contributed by atoms with Crippen molar-refractivity contribution in [2.45, 2.75) is 13.0 Å². The number of piperazine rings is 1. The van der Waals surface area contributed by atoms with Gasteiger partial charge in [0.1, 0.15) is 16.6 Å². The highest BCUT2D eigenvalue weighted by molar-refractivity contribution is 7.11. The predicted molar refractivity (Wildman–Crippen MR) is 96.1 cm³/mol. The molecule has 2 aromatic rings. The quantitative estimate of drug-likeness (QED) is 0.800. The zero-order valence-electron chi connectivity index (χ0n) is 14.3. The number of methoxy groups -OCH3 is 1. The van der Waals surface area contributed by atoms with E-state index in [2.05, 4.69) is 15.0 Å². The molecule has 0 spiro atoms. The van der Waals surface area contributed by atoms with E-state index in [9.17, 15) is 14.4 Å². The highest BCUT2D eigenvalue weighted by atomic mass is 32.1. The Balaban J connectivity index is 1.87. The Kier molecular flexibility index (Phi) is 5.17. The van der Waals surface area contributed by atoms with Crippen LogP contribution in [0.25, 0.3) is 0 Å². The van der Waals surface area contributed by atoms with Crippen molar-refractivity contribution in [2.75, 3.05) is 25.5 Å². The summed E-state index contributed by atoms with van der Waals surface area (Å²) in [5.74, 6) is -0.811. The molecular weight excluding hydrogens is 356 g/mol. The lowest BCUT2D eigenvalue weighted by Gasteiger charge is -2.35. The van der Waals surface area contributed by atoms with Crippen molar-refractivity contribution in [3.63, 3.8) is 0 Å². The molecule has 1 saturated heterocycles. The summed E-state index contributed by atoms with van der Waals surface area (Å²) in [6.07, 6.45) is 0. The van der Waals surface area contributed by atoms with Gasteiger partial charge in [-0.25, -0.2) is 9.59 Å². The molecule has 0 unspecified atom stereocenters. The number of carbonyl (C=O) groups excluding carboxylic acids is 3. The normalized spacial score (nSPS) is 16.8. The molecule has 1 aromatic heterocycles. The van der Waals surface area contributed by atoms with Gasteiger partial charge in [0.2, 0.25) is 5.91 Å². The largest absolute Gasteiger partial charge is 0.465 e. The lowest BCUT2D eigenvalue weighted by molar-refractivity contribution is -0.127. The van der Waals surface area contributed by atoms with Crippen molar-refractivity contribution < 1.29 is 19.1 Å². The number of amides is 3. The second kappa shape index (κ2) is 7.52. The topological polar surface area (TPSA) is 101 Å². The zero-order valence-corrected chi connectivity index (χ0v) is 15.1. The number of aromatic nitrogens is 1. The minimum absolute atomic E-state index is 0.226. The molecule has 2 N–H and O–H groups in total. The number of hydrogen-bond donors (Lipinski definition) is 2. The van der Waals surface area contributed by atoms with Crippen molar-refractivity contribution in [3.8, 4) is 0 Å². The number of urea groups is 1. The number of nitrogens with one attached hydrogen (secondary N) is 2. The third-order valence-electron chi connectivity index (χ3n) is 4.06. The van der Waals surface area contributed by atoms with E-state index in [1.165, 1.54) is 12.0 Å². The summed E-state index contributed by atoms with van der Waals surface area (Å²) >= 11 is 1.00. The third kappa shape index (κ3) is 3.38. The Labute approximate surface area is 154 Å². The molecule has 1 atom stereocenters. The van der Waals surface area contributed by atoms with Crippen LogP contribution in [0.3, 0.4) is 0 Å². The van der Waals surface area contributed by atoms with Crippen LogP contribution in [-0.2, 0) is 9.53 Å². The smallest absolute Gasteiger partial charge is 0.342 e. The molecule has 0 aliphatic carbocycles. The maximum atomic E-state index is 12.8. The summed E-state index contributed by atoms with van der Waals surface area (Å²) in [6, 6.07) is 7.86. The van der Waals surface area contributed by atoms with Gasteiger partial charge in [-0.15, -0.1) is 0 Å². The van der Waals surface area contributed by atoms with E-state index in [1.807, 2.05) is 18.2 Å². The van der Waals surface area contributed by atoms with Gasteiger partial charge in [0.05, 0.1) is 12.8 Å². The van der Waals surface area contributed by atoms with Gasteiger partial charge in [0.25, 0.3) is 0 Å². The van der Waals surface area contributed by atoms with Crippen LogP contribution in [0.1, 0.15) is 27.7 Å². The first-order valence-corrected chi connectivity index (χ1v) is 8.75. The SMILES string of the molecule is COC(=O)c1c(C)nsc1NC(=O)N1CCNC(=O)[C@@H]1c1ccccc1. The number of carbonyl (C=O) groups is 3. The number of rotatable bonds is 3. The van der Waals surface area contributed by atoms with E-state index < -0.39 is 18.0 Å². The highest BCUT2D eigenvalue weighted by Crippen LogP contribution is 2.28. The standard InChI is InChI=1S/C17H18N4O4S/c1-10-12(16(23)25-2)15(26-20-10)19-17(24)21-9-8-18-14(22)13(21)11-6-4-3-5-7-11/h3-7,13H,8-9H2,1-2H3,(H,18,22)(H,19,24)/t13-/m0/s1. The number of esters is 1. The Morgan fingerprint density at radius 3 is 2.77 bits per heavy atom. The van der Waals surface area contributed by atoms with Crippen LogP contribution >= 0.6 is 11.5 Å². The fraction of sp³-hybridized carbons (Fsp3) is 0.294. The van der Waals surface area contributed by atoms with E-state index >= 15 is 0 Å². The Morgan fingerprint density at radius 2 is 2.08 bits per heavy atom. The molecule has 3 rings (SSSR count). The van der Waals surface area contributed by atoms with E-state index in [0.29, 0.717) is 29.3 Å². The lowest BCUT2D eigenvalue weighted by atomic mass is 10.0. The highest BCUT2D eigenvalue weighted by Gasteiger charge is 2.35. The van der Waals surface area contributed by atoms with Crippen molar-refractivity contribution in [3.05, 3.63) is 47.2 Å². The molecule has 1 aliphatic rings. The molecule has 3 amide bonds. The van der Waals surface area contributed by atoms with Crippen LogP contribution in [0, 0.1) is 6.92 Å². The molecule has 0 radical (unpaired) electrons. The van der Waals surface area contributed by atoms with Crippen LogP contribution in [-0.4, -0.2) is 47.4 Å². The molecule has 0 bridgehead atoms. The van der Waals surface area contributed by atoms with Crippen LogP contribution in [0.2, 0.25) is 0 Å². The van der Waals surface area contributed by atoms with Gasteiger partial charge in [-0.1, -0.05) is 30.3 Å². The zero-order chi connectivity index (χ0) is 18.7. The summed E-state index contributed by atoms with van der Waals surface area (Å²) in [5.41, 5.74) is 1.42. The fourth-order valence-electron chi connectivity index (χ4n) is 2.82. The van der Waals surface area contributed by atoms with E-state index in [-0.39, 0.29) is 11.5 Å². The second-order valence-corrected chi connectivity index (χ2v) is 6.46. The van der Waals surface area contributed by atoms with Crippen LogP contribution in [0.5, 0.6) is 0 Å². The number of aryl methyl sites for hydroxylation is 1. The summed E-state index contributed by atoms with van der Waals surface area (Å²) in [4.78, 5) is 38.6. The van der Waals surface area contributed by atoms with Gasteiger partial charge in [0, 0.05) is 13.1 Å². The predicted octanol–water partition coefficient (Wildman–Crippen LogP) is 1.94. The van der Waals surface area contributed by atoms with Gasteiger partial charge in [-0.2, -0.15) is 4.37 Å². The first kappa shape index (κ1) is 17.9. The Morgan fingerprint density at radius 1 is 1.35 bits per heavy atom. The van der Waals surface area contributed by atoms with Crippen molar-refractivity contribution in [2.24, 2.45) is 0 Å². The fourth-order valence-corrected chi connectivity index (χ4v) is 3.59. The van der Waals surface area contributed by atoms with E-state index in [4.69, 9.17) is 4.74 Å². The van der Waals surface area contributed by atoms with Crippen LogP contribution < -0.4 is 10.6 Å². The van der Waals surface area contributed by atoms with Crippen molar-refractivity contribution >= 4 is 34.4 Å². The monoisotopic (exact) mass is 374 g/mol. The van der Waals surface area contributed by atoms with Crippen molar-refractivity contribution in [1.82, 2.24) is 14.6 Å². The molecule has 1 fully saturated rings. The summed E-state index contributed by atoms with van der Waals surface area (Å²) in [7, 11) is 1.27. The number of anilines is 1. The molecule has 26 heavy (non-hydrogen) atoms. The van der Waals surface area contributed by atoms with Crippen LogP contribution in [0.4, 0.5) is 9.80 Å². The molecule has 2 heterocycles. The number of nitrogens with zero attached hydrogens (tertiary/aromatic N) is 2. The molecule has 1 aliphatic heterocycles. The number of benzene rings is 1. The summed E-state index contributed by atoms with van der Waals surface area (Å²) < 4.78 is 8.85. The third-order valence-corrected chi connectivity index (χ3v) is 4.91. The maximum absolute atomic E-state index is 12.8. The minimum atomic E-state index is -0.736. The summed E-state index contributed by atoms with van der Waals surface area (Å²) in [6.45, 7) is 2.38. The molecule has 1 aromatic carbocycles. The van der Waals surface area contributed by atoms with Gasteiger partial charge < -0.3 is 15.0 Å². The first-order chi connectivity index (χ1) is 12.5. The van der Waals surface area contributed by atoms with Gasteiger partial charge >= 0.3 is 12.0 Å². The van der Waals surface area contributed by atoms with E-state index in [0.717, 1.165) is 11.5 Å². The average molecular weight is 374 g/mol. The number of hydrogen-bond acceptors (Lipinski definition) is 6. The molecule has 8 nitrogen and oxygen atoms in total. The van der Waals surface area contributed by atoms with Gasteiger partial charge in [-0.3, -0.25) is 10.1 Å². The average Bonchev–Trinajstić information content (AvgIpc) is 3.01. The minimum Gasteiger partial charge on any atom is -0.465 e. The maximum Gasteiger partial charge on any atom is 0.342 e. The van der Waals surface area contributed by atoms with Gasteiger partial charge in [-0.05, 0) is 24.0 Å². The lowest BCUT2D eigenvalue weighted by Crippen LogP contribution is -2.53. The molecule has 136 valence electrons. The molecule has 9 heteroatoms. The molecular formula is C17H18N4O4S. The van der Waals surface area contributed by atoms with Crippen LogP contribution in [0.15, 0.2) is 30.3 Å². The van der Waals surface area contributed by atoms with E-state index in [1.54, 1.807) is 19.1 Å².